The second kappa shape index (κ2) is 6.93. The van der Waals surface area contributed by atoms with Crippen molar-refractivity contribution in [2.45, 2.75) is 32.6 Å². The SMILES string of the molecule is CCCCC#CCCOS(C)(=O)=O. The van der Waals surface area contributed by atoms with Crippen molar-refractivity contribution < 1.29 is 12.6 Å². The van der Waals surface area contributed by atoms with Gasteiger partial charge in [-0.05, 0) is 6.42 Å². The molecule has 0 aliphatic carbocycles. The lowest BCUT2D eigenvalue weighted by Gasteiger charge is -1.94. The van der Waals surface area contributed by atoms with Crippen LogP contribution in [0.25, 0.3) is 0 Å². The molecule has 0 spiro atoms. The monoisotopic (exact) mass is 204 g/mol. The van der Waals surface area contributed by atoms with Crippen molar-refractivity contribution in [3.8, 4) is 11.8 Å². The fraction of sp³-hybridized carbons (Fsp3) is 0.778. The quantitative estimate of drug-likeness (QED) is 0.387. The van der Waals surface area contributed by atoms with Crippen LogP contribution < -0.4 is 0 Å². The van der Waals surface area contributed by atoms with Gasteiger partial charge in [-0.1, -0.05) is 13.3 Å². The van der Waals surface area contributed by atoms with Gasteiger partial charge in [0.25, 0.3) is 10.1 Å². The summed E-state index contributed by atoms with van der Waals surface area (Å²) in [6, 6.07) is 0. The molecule has 0 aromatic carbocycles. The van der Waals surface area contributed by atoms with E-state index in [1.165, 1.54) is 0 Å². The molecule has 0 aromatic rings. The van der Waals surface area contributed by atoms with Crippen molar-refractivity contribution in [1.82, 2.24) is 0 Å². The molecule has 76 valence electrons. The Balaban J connectivity index is 3.38. The second-order valence-corrected chi connectivity index (χ2v) is 4.38. The Morgan fingerprint density at radius 1 is 1.23 bits per heavy atom. The summed E-state index contributed by atoms with van der Waals surface area (Å²) >= 11 is 0. The fourth-order valence-electron chi connectivity index (χ4n) is 0.686. The van der Waals surface area contributed by atoms with Crippen molar-refractivity contribution in [3.05, 3.63) is 0 Å². The lowest BCUT2D eigenvalue weighted by Crippen LogP contribution is -2.03. The summed E-state index contributed by atoms with van der Waals surface area (Å²) in [4.78, 5) is 0. The van der Waals surface area contributed by atoms with E-state index in [9.17, 15) is 8.42 Å². The Morgan fingerprint density at radius 3 is 2.38 bits per heavy atom. The maximum atomic E-state index is 10.5. The molecular weight excluding hydrogens is 188 g/mol. The minimum Gasteiger partial charge on any atom is -0.269 e. The van der Waals surface area contributed by atoms with E-state index in [1.807, 2.05) is 0 Å². The normalized spacial score (nSPS) is 10.6. The fourth-order valence-corrected chi connectivity index (χ4v) is 1.07. The van der Waals surface area contributed by atoms with Crippen LogP contribution >= 0.6 is 0 Å². The molecule has 0 fully saturated rings. The minimum absolute atomic E-state index is 0.165. The summed E-state index contributed by atoms with van der Waals surface area (Å²) in [6.07, 6.45) is 4.64. The first-order valence-electron chi connectivity index (χ1n) is 4.36. The van der Waals surface area contributed by atoms with E-state index in [1.54, 1.807) is 0 Å². The standard InChI is InChI=1S/C9H16O3S/c1-3-4-5-6-7-8-9-12-13(2,10)11/h3-5,8-9H2,1-2H3. The smallest absolute Gasteiger partial charge is 0.264 e. The third kappa shape index (κ3) is 11.5. The summed E-state index contributed by atoms with van der Waals surface area (Å²) < 4.78 is 25.5. The van der Waals surface area contributed by atoms with Gasteiger partial charge < -0.3 is 0 Å². The van der Waals surface area contributed by atoms with E-state index in [2.05, 4.69) is 22.9 Å². The largest absolute Gasteiger partial charge is 0.269 e. The average molecular weight is 204 g/mol. The van der Waals surface area contributed by atoms with Gasteiger partial charge in [0, 0.05) is 12.8 Å². The molecular formula is C9H16O3S. The maximum Gasteiger partial charge on any atom is 0.264 e. The number of hydrogen-bond acceptors (Lipinski definition) is 3. The Hall–Kier alpha value is -0.530. The topological polar surface area (TPSA) is 43.4 Å². The van der Waals surface area contributed by atoms with Crippen LogP contribution in [0.4, 0.5) is 0 Å². The summed E-state index contributed by atoms with van der Waals surface area (Å²) in [5, 5.41) is 0. The summed E-state index contributed by atoms with van der Waals surface area (Å²) in [6.45, 7) is 2.27. The predicted octanol–water partition coefficient (Wildman–Crippen LogP) is 1.55. The van der Waals surface area contributed by atoms with Gasteiger partial charge >= 0.3 is 0 Å². The van der Waals surface area contributed by atoms with Gasteiger partial charge in [-0.2, -0.15) is 8.42 Å². The molecule has 0 radical (unpaired) electrons. The molecule has 0 aliphatic rings. The zero-order chi connectivity index (χ0) is 10.2. The highest BCUT2D eigenvalue weighted by molar-refractivity contribution is 7.85. The van der Waals surface area contributed by atoms with E-state index >= 15 is 0 Å². The summed E-state index contributed by atoms with van der Waals surface area (Å²) in [7, 11) is -3.29. The lowest BCUT2D eigenvalue weighted by molar-refractivity contribution is 0.330. The Labute approximate surface area is 80.6 Å². The van der Waals surface area contributed by atoms with Crippen LogP contribution in [-0.4, -0.2) is 21.3 Å². The highest BCUT2D eigenvalue weighted by Crippen LogP contribution is 1.92. The van der Waals surface area contributed by atoms with Crippen LogP contribution in [-0.2, 0) is 14.3 Å². The van der Waals surface area contributed by atoms with E-state index in [4.69, 9.17) is 0 Å². The third-order valence-electron chi connectivity index (χ3n) is 1.30. The third-order valence-corrected chi connectivity index (χ3v) is 1.90. The average Bonchev–Trinajstić information content (AvgIpc) is 2.01. The minimum atomic E-state index is -3.29. The van der Waals surface area contributed by atoms with Crippen molar-refractivity contribution >= 4 is 10.1 Å². The first-order valence-corrected chi connectivity index (χ1v) is 6.18. The van der Waals surface area contributed by atoms with Crippen LogP contribution in [0.3, 0.4) is 0 Å². The van der Waals surface area contributed by atoms with E-state index in [-0.39, 0.29) is 6.61 Å². The van der Waals surface area contributed by atoms with Gasteiger partial charge in [0.2, 0.25) is 0 Å². The zero-order valence-corrected chi connectivity index (χ0v) is 8.99. The van der Waals surface area contributed by atoms with Crippen LogP contribution in [0.2, 0.25) is 0 Å². The van der Waals surface area contributed by atoms with Gasteiger partial charge in [0.15, 0.2) is 0 Å². The molecule has 0 bridgehead atoms. The molecule has 0 aliphatic heterocycles. The summed E-state index contributed by atoms with van der Waals surface area (Å²) in [5.74, 6) is 5.80. The van der Waals surface area contributed by atoms with Gasteiger partial charge in [0.05, 0.1) is 12.9 Å². The number of unbranched alkanes of at least 4 members (excludes halogenated alkanes) is 2. The van der Waals surface area contributed by atoms with Crippen molar-refractivity contribution in [2.24, 2.45) is 0 Å². The molecule has 0 saturated heterocycles. The van der Waals surface area contributed by atoms with Crippen LogP contribution in [0.1, 0.15) is 32.6 Å². The molecule has 0 unspecified atom stereocenters. The van der Waals surface area contributed by atoms with Crippen molar-refractivity contribution in [2.75, 3.05) is 12.9 Å². The van der Waals surface area contributed by atoms with Gasteiger partial charge in [-0.25, -0.2) is 0 Å². The molecule has 0 aromatic heterocycles. The van der Waals surface area contributed by atoms with Crippen LogP contribution in [0.15, 0.2) is 0 Å². The molecule has 0 amide bonds. The lowest BCUT2D eigenvalue weighted by atomic mass is 10.2. The molecule has 13 heavy (non-hydrogen) atoms. The Kier molecular flexibility index (Phi) is 6.65. The second-order valence-electron chi connectivity index (χ2n) is 2.73. The zero-order valence-electron chi connectivity index (χ0n) is 8.17. The predicted molar refractivity (Wildman–Crippen MR) is 52.7 cm³/mol. The molecule has 0 atom stereocenters. The van der Waals surface area contributed by atoms with Gasteiger partial charge in [-0.15, -0.1) is 11.8 Å². The van der Waals surface area contributed by atoms with E-state index in [0.29, 0.717) is 6.42 Å². The molecule has 0 saturated carbocycles. The van der Waals surface area contributed by atoms with E-state index in [0.717, 1.165) is 25.5 Å². The molecule has 3 nitrogen and oxygen atoms in total. The number of rotatable bonds is 5. The van der Waals surface area contributed by atoms with Gasteiger partial charge in [0.1, 0.15) is 0 Å². The maximum absolute atomic E-state index is 10.5. The Morgan fingerprint density at radius 2 is 1.85 bits per heavy atom. The van der Waals surface area contributed by atoms with Crippen molar-refractivity contribution in [1.29, 1.82) is 0 Å². The van der Waals surface area contributed by atoms with Gasteiger partial charge in [-0.3, -0.25) is 4.18 Å². The summed E-state index contributed by atoms with van der Waals surface area (Å²) in [5.41, 5.74) is 0. The first-order chi connectivity index (χ1) is 6.06. The van der Waals surface area contributed by atoms with E-state index < -0.39 is 10.1 Å². The molecule has 0 heterocycles. The molecule has 4 heteroatoms. The highest BCUT2D eigenvalue weighted by Gasteiger charge is 1.98. The first kappa shape index (κ1) is 12.5. The number of hydrogen-bond donors (Lipinski definition) is 0. The van der Waals surface area contributed by atoms with Crippen LogP contribution in [0.5, 0.6) is 0 Å². The Bertz CT molecular complexity index is 269. The van der Waals surface area contributed by atoms with Crippen molar-refractivity contribution in [3.63, 3.8) is 0 Å². The van der Waals surface area contributed by atoms with Crippen LogP contribution in [0, 0.1) is 11.8 Å². The molecule has 0 rings (SSSR count). The molecule has 0 N–H and O–H groups in total. The highest BCUT2D eigenvalue weighted by atomic mass is 32.2.